The number of nitrogens with one attached hydrogen (secondary N) is 2. The maximum Gasteiger partial charge on any atom is 0.216 e. The number of benzene rings is 1. The molecule has 0 aliphatic carbocycles. The second-order valence-corrected chi connectivity index (χ2v) is 6.02. The zero-order valence-corrected chi connectivity index (χ0v) is 12.1. The molecule has 1 amide bonds. The summed E-state index contributed by atoms with van der Waals surface area (Å²) in [6.45, 7) is 2.15. The third-order valence-corrected chi connectivity index (χ3v) is 4.11. The Morgan fingerprint density at radius 3 is 2.84 bits per heavy atom. The second-order valence-electron chi connectivity index (χ2n) is 3.70. The molecule has 1 aromatic carbocycles. The van der Waals surface area contributed by atoms with Crippen LogP contribution in [-0.4, -0.2) is 28.4 Å². The number of aromatic nitrogens is 2. The minimum atomic E-state index is -0.00991. The van der Waals surface area contributed by atoms with Gasteiger partial charge in [0.15, 0.2) is 4.34 Å². The van der Waals surface area contributed by atoms with Crippen LogP contribution in [0, 0.1) is 0 Å². The van der Waals surface area contributed by atoms with E-state index in [1.807, 2.05) is 30.3 Å². The molecule has 1 aromatic heterocycles. The molecule has 0 unspecified atom stereocenters. The number of rotatable bonds is 6. The van der Waals surface area contributed by atoms with Crippen LogP contribution in [0.15, 0.2) is 34.7 Å². The zero-order valence-electron chi connectivity index (χ0n) is 10.4. The van der Waals surface area contributed by atoms with Crippen molar-refractivity contribution in [2.24, 2.45) is 0 Å². The predicted octanol–water partition coefficient (Wildman–Crippen LogP) is 2.51. The van der Waals surface area contributed by atoms with Gasteiger partial charge in [-0.3, -0.25) is 4.79 Å². The largest absolute Gasteiger partial charge is 0.356 e. The van der Waals surface area contributed by atoms with Crippen molar-refractivity contribution in [1.29, 1.82) is 0 Å². The minimum Gasteiger partial charge on any atom is -0.356 e. The number of thioether (sulfide) groups is 1. The van der Waals surface area contributed by atoms with Gasteiger partial charge >= 0.3 is 0 Å². The van der Waals surface area contributed by atoms with Crippen LogP contribution in [0.2, 0.25) is 0 Å². The van der Waals surface area contributed by atoms with E-state index in [1.54, 1.807) is 11.8 Å². The number of carbonyl (C=O) groups excluding carboxylic acids is 1. The maximum absolute atomic E-state index is 10.7. The van der Waals surface area contributed by atoms with Crippen molar-refractivity contribution in [2.45, 2.75) is 11.3 Å². The first kappa shape index (κ1) is 13.8. The van der Waals surface area contributed by atoms with E-state index in [9.17, 15) is 4.79 Å². The number of carbonyl (C=O) groups is 1. The van der Waals surface area contributed by atoms with Crippen LogP contribution in [0.1, 0.15) is 6.92 Å². The van der Waals surface area contributed by atoms with Gasteiger partial charge in [-0.2, -0.15) is 0 Å². The lowest BCUT2D eigenvalue weighted by molar-refractivity contribution is -0.118. The quantitative estimate of drug-likeness (QED) is 0.633. The molecular weight excluding hydrogens is 280 g/mol. The Balaban J connectivity index is 1.80. The number of hydrogen-bond donors (Lipinski definition) is 2. The normalized spacial score (nSPS) is 10.2. The van der Waals surface area contributed by atoms with Gasteiger partial charge in [0.05, 0.1) is 0 Å². The number of amides is 1. The van der Waals surface area contributed by atoms with E-state index in [1.165, 1.54) is 18.3 Å². The van der Waals surface area contributed by atoms with E-state index in [0.717, 1.165) is 20.9 Å². The second kappa shape index (κ2) is 7.10. The number of hydrogen-bond acceptors (Lipinski definition) is 6. The third kappa shape index (κ3) is 4.88. The van der Waals surface area contributed by atoms with Crippen molar-refractivity contribution in [3.8, 4) is 0 Å². The molecule has 5 nitrogen and oxygen atoms in total. The molecule has 1 heterocycles. The van der Waals surface area contributed by atoms with Gasteiger partial charge in [-0.1, -0.05) is 41.3 Å². The molecule has 0 spiro atoms. The fraction of sp³-hybridized carbons (Fsp3) is 0.250. The van der Waals surface area contributed by atoms with Gasteiger partial charge in [0.25, 0.3) is 0 Å². The lowest BCUT2D eigenvalue weighted by atomic mass is 10.3. The Hall–Kier alpha value is -1.60. The summed E-state index contributed by atoms with van der Waals surface area (Å²) >= 11 is 3.09. The van der Waals surface area contributed by atoms with Crippen molar-refractivity contribution in [2.75, 3.05) is 17.6 Å². The lowest BCUT2D eigenvalue weighted by Gasteiger charge is -1.99. The van der Waals surface area contributed by atoms with E-state index in [0.29, 0.717) is 6.54 Å². The van der Waals surface area contributed by atoms with Crippen LogP contribution in [0.25, 0.3) is 0 Å². The van der Waals surface area contributed by atoms with Gasteiger partial charge < -0.3 is 10.6 Å². The Morgan fingerprint density at radius 2 is 2.11 bits per heavy atom. The summed E-state index contributed by atoms with van der Waals surface area (Å²) < 4.78 is 0.892. The van der Waals surface area contributed by atoms with E-state index in [4.69, 9.17) is 0 Å². The standard InChI is InChI=1S/C12H14N4OS2/c1-9(17)13-7-8-18-12-16-15-11(19-12)14-10-5-3-2-4-6-10/h2-6H,7-8H2,1H3,(H,13,17)(H,14,15). The highest BCUT2D eigenvalue weighted by atomic mass is 32.2. The van der Waals surface area contributed by atoms with Crippen molar-refractivity contribution in [3.63, 3.8) is 0 Å². The SMILES string of the molecule is CC(=O)NCCSc1nnc(Nc2ccccc2)s1. The monoisotopic (exact) mass is 294 g/mol. The van der Waals surface area contributed by atoms with E-state index in [-0.39, 0.29) is 5.91 Å². The summed E-state index contributed by atoms with van der Waals surface area (Å²) in [5.41, 5.74) is 0.994. The van der Waals surface area contributed by atoms with Gasteiger partial charge in [0.1, 0.15) is 0 Å². The van der Waals surface area contributed by atoms with Gasteiger partial charge in [0.2, 0.25) is 11.0 Å². The Labute approximate surface area is 119 Å². The molecule has 2 rings (SSSR count). The highest BCUT2D eigenvalue weighted by Crippen LogP contribution is 2.27. The molecule has 0 atom stereocenters. The van der Waals surface area contributed by atoms with Crippen LogP contribution >= 0.6 is 23.1 Å². The Kier molecular flexibility index (Phi) is 5.17. The van der Waals surface area contributed by atoms with Crippen molar-refractivity contribution in [3.05, 3.63) is 30.3 Å². The molecule has 2 aromatic rings. The lowest BCUT2D eigenvalue weighted by Crippen LogP contribution is -2.22. The fourth-order valence-electron chi connectivity index (χ4n) is 1.33. The number of para-hydroxylation sites is 1. The highest BCUT2D eigenvalue weighted by molar-refractivity contribution is 8.01. The van der Waals surface area contributed by atoms with E-state index >= 15 is 0 Å². The molecule has 0 bridgehead atoms. The molecule has 19 heavy (non-hydrogen) atoms. The first-order valence-electron chi connectivity index (χ1n) is 5.77. The molecule has 0 aliphatic rings. The van der Waals surface area contributed by atoms with Gasteiger partial charge in [-0.05, 0) is 12.1 Å². The molecule has 0 saturated heterocycles. The van der Waals surface area contributed by atoms with Gasteiger partial charge in [-0.15, -0.1) is 10.2 Å². The summed E-state index contributed by atoms with van der Waals surface area (Å²) in [7, 11) is 0. The molecule has 100 valence electrons. The maximum atomic E-state index is 10.7. The zero-order chi connectivity index (χ0) is 13.5. The molecular formula is C12H14N4OS2. The van der Waals surface area contributed by atoms with Crippen molar-refractivity contribution < 1.29 is 4.79 Å². The molecule has 0 fully saturated rings. The summed E-state index contributed by atoms with van der Waals surface area (Å²) in [5.74, 6) is 0.781. The van der Waals surface area contributed by atoms with Crippen LogP contribution in [0.3, 0.4) is 0 Å². The van der Waals surface area contributed by atoms with Gasteiger partial charge in [-0.25, -0.2) is 0 Å². The van der Waals surface area contributed by atoms with E-state index in [2.05, 4.69) is 20.8 Å². The van der Waals surface area contributed by atoms with Crippen molar-refractivity contribution >= 4 is 39.8 Å². The molecule has 0 aliphatic heterocycles. The summed E-state index contributed by atoms with van der Waals surface area (Å²) in [4.78, 5) is 10.7. The summed E-state index contributed by atoms with van der Waals surface area (Å²) in [6.07, 6.45) is 0. The van der Waals surface area contributed by atoms with Gasteiger partial charge in [0, 0.05) is 24.9 Å². The van der Waals surface area contributed by atoms with Crippen LogP contribution in [-0.2, 0) is 4.79 Å². The van der Waals surface area contributed by atoms with E-state index < -0.39 is 0 Å². The summed E-state index contributed by atoms with van der Waals surface area (Å²) in [5, 5.41) is 14.9. The van der Waals surface area contributed by atoms with Crippen LogP contribution in [0.5, 0.6) is 0 Å². The Morgan fingerprint density at radius 1 is 1.32 bits per heavy atom. The minimum absolute atomic E-state index is 0.00991. The number of nitrogens with zero attached hydrogens (tertiary/aromatic N) is 2. The Bertz CT molecular complexity index is 530. The average Bonchev–Trinajstić information content (AvgIpc) is 2.83. The molecule has 7 heteroatoms. The molecule has 0 radical (unpaired) electrons. The smallest absolute Gasteiger partial charge is 0.216 e. The fourth-order valence-corrected chi connectivity index (χ4v) is 3.03. The molecule has 0 saturated carbocycles. The number of anilines is 2. The highest BCUT2D eigenvalue weighted by Gasteiger charge is 2.04. The first-order chi connectivity index (χ1) is 9.24. The molecule has 2 N–H and O–H groups in total. The third-order valence-electron chi connectivity index (χ3n) is 2.13. The first-order valence-corrected chi connectivity index (χ1v) is 7.57. The van der Waals surface area contributed by atoms with Crippen LogP contribution in [0.4, 0.5) is 10.8 Å². The topological polar surface area (TPSA) is 66.9 Å². The predicted molar refractivity (Wildman–Crippen MR) is 79.0 cm³/mol. The van der Waals surface area contributed by atoms with Crippen molar-refractivity contribution in [1.82, 2.24) is 15.5 Å². The summed E-state index contributed by atoms with van der Waals surface area (Å²) in [6, 6.07) is 9.85. The average molecular weight is 294 g/mol. The van der Waals surface area contributed by atoms with Crippen LogP contribution < -0.4 is 10.6 Å².